The van der Waals surface area contributed by atoms with Crippen LogP contribution < -0.4 is 0 Å². The van der Waals surface area contributed by atoms with Gasteiger partial charge in [0.2, 0.25) is 0 Å². The van der Waals surface area contributed by atoms with Crippen LogP contribution in [-0.2, 0) is 6.54 Å². The first-order valence-electron chi connectivity index (χ1n) is 7.68. The molecule has 3 nitrogen and oxygen atoms in total. The fourth-order valence-corrected chi connectivity index (χ4v) is 3.25. The number of aromatic nitrogens is 2. The maximum atomic E-state index is 4.68. The Hall–Kier alpha value is -1.35. The average Bonchev–Trinajstić information content (AvgIpc) is 2.80. The summed E-state index contributed by atoms with van der Waals surface area (Å²) in [7, 11) is 0. The van der Waals surface area contributed by atoms with E-state index in [4.69, 9.17) is 0 Å². The SMILES string of the molecule is CC(C)(C)C1CCN(Cc2nc3ccccc3[nH]2)CC1. The molecule has 3 heteroatoms. The fraction of sp³-hybridized carbons (Fsp3) is 0.588. The van der Waals surface area contributed by atoms with Crippen LogP contribution in [0.2, 0.25) is 0 Å². The second-order valence-corrected chi connectivity index (χ2v) is 7.12. The molecule has 0 amide bonds. The summed E-state index contributed by atoms with van der Waals surface area (Å²) in [4.78, 5) is 10.6. The highest BCUT2D eigenvalue weighted by molar-refractivity contribution is 5.74. The monoisotopic (exact) mass is 271 g/mol. The zero-order valence-corrected chi connectivity index (χ0v) is 12.8. The van der Waals surface area contributed by atoms with Crippen LogP contribution in [0.4, 0.5) is 0 Å². The summed E-state index contributed by atoms with van der Waals surface area (Å²) in [6.07, 6.45) is 2.62. The number of likely N-dealkylation sites (tertiary alicyclic amines) is 1. The fourth-order valence-electron chi connectivity index (χ4n) is 3.25. The molecule has 20 heavy (non-hydrogen) atoms. The molecule has 0 spiro atoms. The molecule has 2 aromatic rings. The van der Waals surface area contributed by atoms with E-state index < -0.39 is 0 Å². The van der Waals surface area contributed by atoms with Crippen LogP contribution in [0.1, 0.15) is 39.4 Å². The average molecular weight is 271 g/mol. The Morgan fingerprint density at radius 1 is 1.20 bits per heavy atom. The van der Waals surface area contributed by atoms with Gasteiger partial charge in [-0.15, -0.1) is 0 Å². The summed E-state index contributed by atoms with van der Waals surface area (Å²) in [5, 5.41) is 0. The number of hydrogen-bond acceptors (Lipinski definition) is 2. The van der Waals surface area contributed by atoms with Crippen molar-refractivity contribution in [3.8, 4) is 0 Å². The molecule has 1 fully saturated rings. The van der Waals surface area contributed by atoms with Crippen molar-refractivity contribution in [2.24, 2.45) is 11.3 Å². The lowest BCUT2D eigenvalue weighted by Gasteiger charge is -2.38. The Labute approximate surface area is 121 Å². The maximum absolute atomic E-state index is 4.68. The third kappa shape index (κ3) is 2.88. The highest BCUT2D eigenvalue weighted by Gasteiger charge is 2.28. The first kappa shape index (κ1) is 13.6. The summed E-state index contributed by atoms with van der Waals surface area (Å²) in [5.74, 6) is 1.95. The van der Waals surface area contributed by atoms with Crippen LogP contribution in [0.3, 0.4) is 0 Å². The highest BCUT2D eigenvalue weighted by Crippen LogP contribution is 2.34. The minimum atomic E-state index is 0.450. The number of hydrogen-bond donors (Lipinski definition) is 1. The predicted octanol–water partition coefficient (Wildman–Crippen LogP) is 3.82. The van der Waals surface area contributed by atoms with Crippen molar-refractivity contribution >= 4 is 11.0 Å². The van der Waals surface area contributed by atoms with Crippen LogP contribution in [0.5, 0.6) is 0 Å². The lowest BCUT2D eigenvalue weighted by Crippen LogP contribution is -2.37. The number of nitrogens with one attached hydrogen (secondary N) is 1. The number of nitrogens with zero attached hydrogens (tertiary/aromatic N) is 2. The number of para-hydroxylation sites is 2. The van der Waals surface area contributed by atoms with Crippen LogP contribution in [0, 0.1) is 11.3 Å². The Balaban J connectivity index is 1.62. The molecule has 0 saturated carbocycles. The summed E-state index contributed by atoms with van der Waals surface area (Å²) < 4.78 is 0. The summed E-state index contributed by atoms with van der Waals surface area (Å²) >= 11 is 0. The van der Waals surface area contributed by atoms with Crippen molar-refractivity contribution in [1.29, 1.82) is 0 Å². The first-order chi connectivity index (χ1) is 9.52. The molecule has 108 valence electrons. The largest absolute Gasteiger partial charge is 0.341 e. The van der Waals surface area contributed by atoms with E-state index in [-0.39, 0.29) is 0 Å². The molecule has 1 aliphatic rings. The number of benzene rings is 1. The molecule has 1 aromatic heterocycles. The number of fused-ring (bicyclic) bond motifs is 1. The van der Waals surface area contributed by atoms with Crippen molar-refractivity contribution in [3.05, 3.63) is 30.1 Å². The van der Waals surface area contributed by atoms with Crippen LogP contribution in [-0.4, -0.2) is 28.0 Å². The van der Waals surface area contributed by atoms with Gasteiger partial charge in [0.1, 0.15) is 5.82 Å². The quantitative estimate of drug-likeness (QED) is 0.900. The van der Waals surface area contributed by atoms with E-state index in [0.717, 1.165) is 29.3 Å². The van der Waals surface area contributed by atoms with Gasteiger partial charge in [-0.1, -0.05) is 32.9 Å². The molecular weight excluding hydrogens is 246 g/mol. The first-order valence-corrected chi connectivity index (χ1v) is 7.68. The van der Waals surface area contributed by atoms with Gasteiger partial charge in [0.15, 0.2) is 0 Å². The van der Waals surface area contributed by atoms with E-state index in [0.29, 0.717) is 5.41 Å². The van der Waals surface area contributed by atoms with Crippen molar-refractivity contribution in [2.75, 3.05) is 13.1 Å². The van der Waals surface area contributed by atoms with E-state index in [2.05, 4.69) is 53.8 Å². The van der Waals surface area contributed by atoms with Crippen molar-refractivity contribution in [3.63, 3.8) is 0 Å². The van der Waals surface area contributed by atoms with Crippen molar-refractivity contribution < 1.29 is 0 Å². The minimum Gasteiger partial charge on any atom is -0.341 e. The second kappa shape index (κ2) is 5.21. The molecule has 3 rings (SSSR count). The smallest absolute Gasteiger partial charge is 0.121 e. The van der Waals surface area contributed by atoms with E-state index in [1.807, 2.05) is 6.07 Å². The molecule has 1 aliphatic heterocycles. The normalized spacial score (nSPS) is 18.8. The van der Waals surface area contributed by atoms with Crippen molar-refractivity contribution in [2.45, 2.75) is 40.2 Å². The Bertz CT molecular complexity index is 538. The third-order valence-corrected chi connectivity index (χ3v) is 4.62. The molecule has 1 aromatic carbocycles. The second-order valence-electron chi connectivity index (χ2n) is 7.12. The molecule has 2 heterocycles. The Kier molecular flexibility index (Phi) is 3.55. The van der Waals surface area contributed by atoms with Gasteiger partial charge < -0.3 is 4.98 Å². The summed E-state index contributed by atoms with van der Waals surface area (Å²) in [5.41, 5.74) is 2.67. The van der Waals surface area contributed by atoms with Gasteiger partial charge in [-0.25, -0.2) is 4.98 Å². The van der Waals surface area contributed by atoms with Gasteiger partial charge in [0.25, 0.3) is 0 Å². The lowest BCUT2D eigenvalue weighted by atomic mass is 9.75. The van der Waals surface area contributed by atoms with Crippen LogP contribution in [0.15, 0.2) is 24.3 Å². The van der Waals surface area contributed by atoms with Gasteiger partial charge in [-0.2, -0.15) is 0 Å². The molecular formula is C17H25N3. The van der Waals surface area contributed by atoms with E-state index >= 15 is 0 Å². The molecule has 0 unspecified atom stereocenters. The molecule has 0 bridgehead atoms. The standard InChI is InChI=1S/C17H25N3/c1-17(2,3)13-8-10-20(11-9-13)12-16-18-14-6-4-5-7-15(14)19-16/h4-7,13H,8-12H2,1-3H3,(H,18,19). The molecule has 0 radical (unpaired) electrons. The van der Waals surface area contributed by atoms with E-state index in [1.54, 1.807) is 0 Å². The van der Waals surface area contributed by atoms with Gasteiger partial charge >= 0.3 is 0 Å². The predicted molar refractivity (Wildman–Crippen MR) is 83.5 cm³/mol. The van der Waals surface area contributed by atoms with Crippen LogP contribution in [0.25, 0.3) is 11.0 Å². The zero-order valence-electron chi connectivity index (χ0n) is 12.8. The lowest BCUT2D eigenvalue weighted by molar-refractivity contribution is 0.106. The van der Waals surface area contributed by atoms with Gasteiger partial charge in [0, 0.05) is 0 Å². The Morgan fingerprint density at radius 2 is 1.90 bits per heavy atom. The topological polar surface area (TPSA) is 31.9 Å². The number of H-pyrrole nitrogens is 1. The number of aromatic amines is 1. The highest BCUT2D eigenvalue weighted by atomic mass is 15.2. The Morgan fingerprint density at radius 3 is 2.55 bits per heavy atom. The zero-order chi connectivity index (χ0) is 14.2. The van der Waals surface area contributed by atoms with Crippen molar-refractivity contribution in [1.82, 2.24) is 14.9 Å². The van der Waals surface area contributed by atoms with Crippen LogP contribution >= 0.6 is 0 Å². The molecule has 1 N–H and O–H groups in total. The van der Waals surface area contributed by atoms with E-state index in [9.17, 15) is 0 Å². The van der Waals surface area contributed by atoms with Gasteiger partial charge in [-0.05, 0) is 49.4 Å². The number of imidazole rings is 1. The summed E-state index contributed by atoms with van der Waals surface area (Å²) in [6.45, 7) is 10.4. The maximum Gasteiger partial charge on any atom is 0.121 e. The minimum absolute atomic E-state index is 0.450. The summed E-state index contributed by atoms with van der Waals surface area (Å²) in [6, 6.07) is 8.26. The third-order valence-electron chi connectivity index (χ3n) is 4.62. The molecule has 1 saturated heterocycles. The number of rotatable bonds is 2. The van der Waals surface area contributed by atoms with Gasteiger partial charge in [-0.3, -0.25) is 4.90 Å². The van der Waals surface area contributed by atoms with E-state index in [1.165, 1.54) is 25.9 Å². The molecule has 0 aliphatic carbocycles. The van der Waals surface area contributed by atoms with Gasteiger partial charge in [0.05, 0.1) is 17.6 Å². The molecule has 0 atom stereocenters. The number of piperidine rings is 1.